The van der Waals surface area contributed by atoms with E-state index < -0.39 is 6.10 Å². The summed E-state index contributed by atoms with van der Waals surface area (Å²) in [6.45, 7) is 4.51. The lowest BCUT2D eigenvalue weighted by Gasteiger charge is -2.21. The third-order valence-corrected chi connectivity index (χ3v) is 5.46. The Labute approximate surface area is 138 Å². The van der Waals surface area contributed by atoms with Crippen molar-refractivity contribution in [1.82, 2.24) is 5.32 Å². The number of hydrogen-bond acceptors (Lipinski definition) is 3. The summed E-state index contributed by atoms with van der Waals surface area (Å²) in [5.74, 6) is 1.74. The number of thioether (sulfide) groups is 1. The Morgan fingerprint density at radius 2 is 2.05 bits per heavy atom. The number of hydrogen-bond donors (Lipinski definition) is 1. The Kier molecular flexibility index (Phi) is 7.10. The molecule has 122 valence electrons. The average Bonchev–Trinajstić information content (AvgIpc) is 2.54. The largest absolute Gasteiger partial charge is 0.481 e. The number of ether oxygens (including phenoxy) is 1. The number of rotatable bonds is 7. The van der Waals surface area contributed by atoms with Crippen molar-refractivity contribution >= 4 is 17.7 Å². The van der Waals surface area contributed by atoms with Crippen molar-refractivity contribution in [3.63, 3.8) is 0 Å². The predicted octanol–water partition coefficient (Wildman–Crippen LogP) is 3.94. The van der Waals surface area contributed by atoms with Gasteiger partial charge in [0.05, 0.1) is 0 Å². The number of para-hydroxylation sites is 1. The van der Waals surface area contributed by atoms with E-state index in [9.17, 15) is 4.79 Å². The quantitative estimate of drug-likeness (QED) is 0.773. The van der Waals surface area contributed by atoms with Crippen LogP contribution in [0.25, 0.3) is 0 Å². The zero-order valence-electron chi connectivity index (χ0n) is 13.6. The summed E-state index contributed by atoms with van der Waals surface area (Å²) < 4.78 is 5.74. The average molecular weight is 321 g/mol. The molecule has 1 aromatic carbocycles. The predicted molar refractivity (Wildman–Crippen MR) is 93.6 cm³/mol. The van der Waals surface area contributed by atoms with E-state index in [0.717, 1.165) is 28.9 Å². The van der Waals surface area contributed by atoms with Gasteiger partial charge in [0.25, 0.3) is 5.91 Å². The Bertz CT molecular complexity index is 472. The fraction of sp³-hybridized carbons (Fsp3) is 0.611. The molecule has 1 fully saturated rings. The van der Waals surface area contributed by atoms with Crippen LogP contribution in [0, 0.1) is 6.92 Å². The van der Waals surface area contributed by atoms with Crippen LogP contribution in [0.15, 0.2) is 24.3 Å². The lowest BCUT2D eigenvalue weighted by molar-refractivity contribution is -0.127. The lowest BCUT2D eigenvalue weighted by atomic mass is 10.0. The zero-order valence-corrected chi connectivity index (χ0v) is 14.5. The maximum absolute atomic E-state index is 12.1. The summed E-state index contributed by atoms with van der Waals surface area (Å²) >= 11 is 2.00. The molecule has 0 aliphatic heterocycles. The van der Waals surface area contributed by atoms with Crippen molar-refractivity contribution in [3.8, 4) is 5.75 Å². The molecule has 0 radical (unpaired) electrons. The molecule has 1 saturated carbocycles. The first-order valence-corrected chi connectivity index (χ1v) is 9.33. The first kappa shape index (κ1) is 17.2. The van der Waals surface area contributed by atoms with Gasteiger partial charge in [0.2, 0.25) is 0 Å². The summed E-state index contributed by atoms with van der Waals surface area (Å²) in [6, 6.07) is 7.78. The molecule has 0 aromatic heterocycles. The fourth-order valence-corrected chi connectivity index (χ4v) is 3.93. The summed E-state index contributed by atoms with van der Waals surface area (Å²) in [4.78, 5) is 12.1. The van der Waals surface area contributed by atoms with E-state index in [1.54, 1.807) is 6.92 Å². The van der Waals surface area contributed by atoms with Crippen molar-refractivity contribution < 1.29 is 9.53 Å². The molecule has 0 saturated heterocycles. The Balaban J connectivity index is 1.65. The van der Waals surface area contributed by atoms with Gasteiger partial charge in [-0.1, -0.05) is 37.5 Å². The van der Waals surface area contributed by atoms with Crippen LogP contribution in [0.1, 0.15) is 44.6 Å². The third-order valence-electron chi connectivity index (χ3n) is 4.07. The smallest absolute Gasteiger partial charge is 0.260 e. The molecule has 22 heavy (non-hydrogen) atoms. The van der Waals surface area contributed by atoms with Crippen LogP contribution >= 0.6 is 11.8 Å². The minimum Gasteiger partial charge on any atom is -0.481 e. The van der Waals surface area contributed by atoms with Gasteiger partial charge in [0.15, 0.2) is 6.10 Å². The normalized spacial score (nSPS) is 17.0. The summed E-state index contributed by atoms with van der Waals surface area (Å²) in [5, 5.41) is 3.77. The van der Waals surface area contributed by atoms with E-state index in [1.165, 1.54) is 32.1 Å². The molecular weight excluding hydrogens is 294 g/mol. The molecule has 1 atom stereocenters. The van der Waals surface area contributed by atoms with Crippen LogP contribution in [0.2, 0.25) is 0 Å². The molecule has 0 bridgehead atoms. The van der Waals surface area contributed by atoms with Gasteiger partial charge in [0.1, 0.15) is 5.75 Å². The van der Waals surface area contributed by atoms with E-state index >= 15 is 0 Å². The zero-order chi connectivity index (χ0) is 15.8. The SMILES string of the molecule is Cc1ccccc1O[C@H](C)C(=O)NCCSC1CCCCC1. The molecule has 1 aromatic rings. The van der Waals surface area contributed by atoms with Gasteiger partial charge in [-0.05, 0) is 38.3 Å². The molecule has 1 amide bonds. The molecule has 0 spiro atoms. The number of aryl methyl sites for hydroxylation is 1. The molecule has 0 heterocycles. The van der Waals surface area contributed by atoms with Crippen molar-refractivity contribution in [1.29, 1.82) is 0 Å². The maximum atomic E-state index is 12.1. The second-order valence-corrected chi connectivity index (χ2v) is 7.36. The molecule has 1 N–H and O–H groups in total. The third kappa shape index (κ3) is 5.56. The van der Waals surface area contributed by atoms with Gasteiger partial charge in [-0.15, -0.1) is 0 Å². The Morgan fingerprint density at radius 3 is 2.77 bits per heavy atom. The number of amides is 1. The summed E-state index contributed by atoms with van der Waals surface area (Å²) in [6.07, 6.45) is 6.34. The van der Waals surface area contributed by atoms with Crippen molar-refractivity contribution in [2.75, 3.05) is 12.3 Å². The van der Waals surface area contributed by atoms with E-state index in [-0.39, 0.29) is 5.91 Å². The van der Waals surface area contributed by atoms with E-state index in [1.807, 2.05) is 43.0 Å². The molecule has 1 aliphatic rings. The molecule has 3 nitrogen and oxygen atoms in total. The van der Waals surface area contributed by atoms with Crippen LogP contribution < -0.4 is 10.1 Å². The molecule has 1 aliphatic carbocycles. The second-order valence-electron chi connectivity index (χ2n) is 5.95. The minimum atomic E-state index is -0.458. The van der Waals surface area contributed by atoms with Crippen molar-refractivity contribution in [2.45, 2.75) is 57.3 Å². The number of nitrogens with one attached hydrogen (secondary N) is 1. The number of carbonyl (C=O) groups excluding carboxylic acids is 1. The first-order chi connectivity index (χ1) is 10.7. The van der Waals surface area contributed by atoms with E-state index in [2.05, 4.69) is 5.32 Å². The van der Waals surface area contributed by atoms with E-state index in [0.29, 0.717) is 0 Å². The fourth-order valence-electron chi connectivity index (χ4n) is 2.71. The highest BCUT2D eigenvalue weighted by molar-refractivity contribution is 7.99. The number of benzene rings is 1. The van der Waals surface area contributed by atoms with Gasteiger partial charge in [-0.3, -0.25) is 4.79 Å². The lowest BCUT2D eigenvalue weighted by Crippen LogP contribution is -2.37. The van der Waals surface area contributed by atoms with Crippen molar-refractivity contribution in [2.24, 2.45) is 0 Å². The van der Waals surface area contributed by atoms with Crippen LogP contribution in [0.3, 0.4) is 0 Å². The monoisotopic (exact) mass is 321 g/mol. The summed E-state index contributed by atoms with van der Waals surface area (Å²) in [5.41, 5.74) is 1.05. The Hall–Kier alpha value is -1.16. The topological polar surface area (TPSA) is 38.3 Å². The molecule has 0 unspecified atom stereocenters. The van der Waals surface area contributed by atoms with Gasteiger partial charge in [0, 0.05) is 17.5 Å². The second kappa shape index (κ2) is 9.09. The summed E-state index contributed by atoms with van der Waals surface area (Å²) in [7, 11) is 0. The number of carbonyl (C=O) groups is 1. The van der Waals surface area contributed by atoms with Crippen LogP contribution in [0.4, 0.5) is 0 Å². The highest BCUT2D eigenvalue weighted by atomic mass is 32.2. The highest BCUT2D eigenvalue weighted by Crippen LogP contribution is 2.27. The van der Waals surface area contributed by atoms with Gasteiger partial charge >= 0.3 is 0 Å². The molecule has 4 heteroatoms. The van der Waals surface area contributed by atoms with Gasteiger partial charge < -0.3 is 10.1 Å². The first-order valence-electron chi connectivity index (χ1n) is 8.28. The van der Waals surface area contributed by atoms with Crippen LogP contribution in [-0.4, -0.2) is 29.6 Å². The molecule has 2 rings (SSSR count). The van der Waals surface area contributed by atoms with Gasteiger partial charge in [-0.25, -0.2) is 0 Å². The molecular formula is C18H27NO2S. The Morgan fingerprint density at radius 1 is 1.32 bits per heavy atom. The van der Waals surface area contributed by atoms with E-state index in [4.69, 9.17) is 4.74 Å². The highest BCUT2D eigenvalue weighted by Gasteiger charge is 2.16. The standard InChI is InChI=1S/C18H27NO2S/c1-14-8-6-7-11-17(14)21-15(2)18(20)19-12-13-22-16-9-4-3-5-10-16/h6-8,11,15-16H,3-5,9-10,12-13H2,1-2H3,(H,19,20)/t15-/m1/s1. The van der Waals surface area contributed by atoms with Crippen LogP contribution in [-0.2, 0) is 4.79 Å². The van der Waals surface area contributed by atoms with Crippen LogP contribution in [0.5, 0.6) is 5.75 Å². The maximum Gasteiger partial charge on any atom is 0.260 e. The van der Waals surface area contributed by atoms with Gasteiger partial charge in [-0.2, -0.15) is 11.8 Å². The minimum absolute atomic E-state index is 0.0347. The van der Waals surface area contributed by atoms with Crippen molar-refractivity contribution in [3.05, 3.63) is 29.8 Å².